The van der Waals surface area contributed by atoms with Crippen LogP contribution in [0.15, 0.2) is 48.6 Å². The number of carbonyl (C=O) groups is 2. The lowest BCUT2D eigenvalue weighted by Crippen LogP contribution is -2.29. The third-order valence-electron chi connectivity index (χ3n) is 6.01. The van der Waals surface area contributed by atoms with E-state index in [1.807, 2.05) is 44.2 Å². The molecule has 2 aromatic carbocycles. The molecule has 1 fully saturated rings. The molecule has 1 saturated carbocycles. The number of anilines is 1. The SMILES string of the molecule is CCN(CC)c1ccc(C=CC(=O)c2ccc(OC(=O)C3CC3)c3c2OC(C)(C)C=C3)cc1. The minimum absolute atomic E-state index is 0.0112. The summed E-state index contributed by atoms with van der Waals surface area (Å²) in [5.41, 5.74) is 2.63. The van der Waals surface area contributed by atoms with Crippen molar-refractivity contribution in [1.82, 2.24) is 0 Å². The van der Waals surface area contributed by atoms with E-state index in [0.717, 1.165) is 37.2 Å². The maximum Gasteiger partial charge on any atom is 0.314 e. The van der Waals surface area contributed by atoms with E-state index in [0.29, 0.717) is 22.6 Å². The lowest BCUT2D eigenvalue weighted by atomic mass is 9.97. The predicted octanol–water partition coefficient (Wildman–Crippen LogP) is 5.93. The van der Waals surface area contributed by atoms with Gasteiger partial charge in [0.25, 0.3) is 0 Å². The fourth-order valence-electron chi connectivity index (χ4n) is 3.87. The van der Waals surface area contributed by atoms with Gasteiger partial charge < -0.3 is 14.4 Å². The largest absolute Gasteiger partial charge is 0.482 e. The zero-order valence-electron chi connectivity index (χ0n) is 19.8. The molecule has 0 saturated heterocycles. The molecule has 0 bridgehead atoms. The summed E-state index contributed by atoms with van der Waals surface area (Å²) in [5, 5.41) is 0. The van der Waals surface area contributed by atoms with E-state index >= 15 is 0 Å². The molecule has 0 spiro atoms. The van der Waals surface area contributed by atoms with Crippen LogP contribution in [0.3, 0.4) is 0 Å². The molecule has 172 valence electrons. The number of nitrogens with zero attached hydrogens (tertiary/aromatic N) is 1. The van der Waals surface area contributed by atoms with E-state index in [1.165, 1.54) is 0 Å². The first kappa shape index (κ1) is 22.8. The van der Waals surface area contributed by atoms with Gasteiger partial charge in [0, 0.05) is 18.8 Å². The third kappa shape index (κ3) is 5.19. The van der Waals surface area contributed by atoms with Gasteiger partial charge in [0.1, 0.15) is 17.1 Å². The van der Waals surface area contributed by atoms with Crippen LogP contribution in [0.5, 0.6) is 11.5 Å². The molecular weight excluding hydrogens is 414 g/mol. The van der Waals surface area contributed by atoms with Gasteiger partial charge in [-0.3, -0.25) is 9.59 Å². The van der Waals surface area contributed by atoms with Crippen LogP contribution in [0.25, 0.3) is 12.2 Å². The van der Waals surface area contributed by atoms with Crippen molar-refractivity contribution < 1.29 is 19.1 Å². The van der Waals surface area contributed by atoms with E-state index in [-0.39, 0.29) is 17.7 Å². The quantitative estimate of drug-likeness (QED) is 0.218. The van der Waals surface area contributed by atoms with Crippen molar-refractivity contribution in [2.45, 2.75) is 46.1 Å². The number of allylic oxidation sites excluding steroid dienone is 1. The number of ketones is 1. The number of ether oxygens (including phenoxy) is 2. The summed E-state index contributed by atoms with van der Waals surface area (Å²) in [5.74, 6) is 0.493. The van der Waals surface area contributed by atoms with Crippen LogP contribution >= 0.6 is 0 Å². The number of hydrogen-bond acceptors (Lipinski definition) is 5. The fourth-order valence-corrected chi connectivity index (χ4v) is 3.87. The number of fused-ring (bicyclic) bond motifs is 1. The monoisotopic (exact) mass is 445 g/mol. The average Bonchev–Trinajstić information content (AvgIpc) is 3.64. The van der Waals surface area contributed by atoms with Gasteiger partial charge in [-0.05, 0) is 88.6 Å². The molecule has 0 atom stereocenters. The molecule has 2 aliphatic rings. The van der Waals surface area contributed by atoms with Crippen LogP contribution in [0.4, 0.5) is 5.69 Å². The van der Waals surface area contributed by atoms with Gasteiger partial charge in [-0.15, -0.1) is 0 Å². The number of carbonyl (C=O) groups excluding carboxylic acids is 2. The Morgan fingerprint density at radius 2 is 1.79 bits per heavy atom. The maximum absolute atomic E-state index is 13.1. The Morgan fingerprint density at radius 3 is 2.42 bits per heavy atom. The van der Waals surface area contributed by atoms with E-state index in [1.54, 1.807) is 18.2 Å². The molecule has 33 heavy (non-hydrogen) atoms. The number of esters is 1. The number of hydrogen-bond donors (Lipinski definition) is 0. The Kier molecular flexibility index (Phi) is 6.41. The van der Waals surface area contributed by atoms with Crippen LogP contribution in [-0.4, -0.2) is 30.4 Å². The highest BCUT2D eigenvalue weighted by Crippen LogP contribution is 2.41. The summed E-state index contributed by atoms with van der Waals surface area (Å²) in [6.07, 6.45) is 8.90. The van der Waals surface area contributed by atoms with Gasteiger partial charge in [0.15, 0.2) is 5.78 Å². The average molecular weight is 446 g/mol. The van der Waals surface area contributed by atoms with E-state index in [2.05, 4.69) is 30.9 Å². The van der Waals surface area contributed by atoms with Crippen LogP contribution in [0, 0.1) is 5.92 Å². The highest BCUT2D eigenvalue weighted by Gasteiger charge is 2.33. The Hall–Kier alpha value is -3.34. The van der Waals surface area contributed by atoms with Crippen molar-refractivity contribution >= 4 is 29.6 Å². The lowest BCUT2D eigenvalue weighted by Gasteiger charge is -2.29. The summed E-state index contributed by atoms with van der Waals surface area (Å²) in [6.45, 7) is 10.0. The van der Waals surface area contributed by atoms with E-state index in [9.17, 15) is 9.59 Å². The highest BCUT2D eigenvalue weighted by molar-refractivity contribution is 6.09. The lowest BCUT2D eigenvalue weighted by molar-refractivity contribution is -0.135. The van der Waals surface area contributed by atoms with Crippen molar-refractivity contribution in [1.29, 1.82) is 0 Å². The van der Waals surface area contributed by atoms with Crippen LogP contribution < -0.4 is 14.4 Å². The molecule has 0 radical (unpaired) electrons. The van der Waals surface area contributed by atoms with E-state index < -0.39 is 5.60 Å². The summed E-state index contributed by atoms with van der Waals surface area (Å²) >= 11 is 0. The molecule has 1 heterocycles. The predicted molar refractivity (Wildman–Crippen MR) is 132 cm³/mol. The van der Waals surface area contributed by atoms with E-state index in [4.69, 9.17) is 9.47 Å². The first-order valence-corrected chi connectivity index (χ1v) is 11.7. The number of benzene rings is 2. The topological polar surface area (TPSA) is 55.8 Å². The number of rotatable bonds is 8. The zero-order chi connectivity index (χ0) is 23.6. The Bertz CT molecular complexity index is 1100. The second-order valence-corrected chi connectivity index (χ2v) is 9.05. The summed E-state index contributed by atoms with van der Waals surface area (Å²) in [6, 6.07) is 11.5. The second kappa shape index (κ2) is 9.26. The zero-order valence-corrected chi connectivity index (χ0v) is 19.8. The molecule has 0 unspecified atom stereocenters. The van der Waals surface area contributed by atoms with Crippen molar-refractivity contribution in [2.75, 3.05) is 18.0 Å². The molecule has 1 aliphatic heterocycles. The highest BCUT2D eigenvalue weighted by atomic mass is 16.5. The maximum atomic E-state index is 13.1. The van der Waals surface area contributed by atoms with Gasteiger partial charge in [0.05, 0.1) is 17.0 Å². The molecule has 0 amide bonds. The standard InChI is InChI=1S/C28H31NO4/c1-5-29(6-2)21-12-7-19(8-13-21)9-15-24(30)22-14-16-25(32-27(31)20-10-11-20)23-17-18-28(3,4)33-26(22)23/h7-9,12-18,20H,5-6,10-11H2,1-4H3. The Labute approximate surface area is 195 Å². The molecule has 0 aromatic heterocycles. The first-order chi connectivity index (χ1) is 15.8. The first-order valence-electron chi connectivity index (χ1n) is 11.7. The minimum Gasteiger partial charge on any atom is -0.482 e. The molecule has 1 aliphatic carbocycles. The smallest absolute Gasteiger partial charge is 0.314 e. The summed E-state index contributed by atoms with van der Waals surface area (Å²) in [7, 11) is 0. The second-order valence-electron chi connectivity index (χ2n) is 9.05. The molecule has 5 nitrogen and oxygen atoms in total. The third-order valence-corrected chi connectivity index (χ3v) is 6.01. The van der Waals surface area contributed by atoms with Gasteiger partial charge >= 0.3 is 5.97 Å². The molecule has 2 aromatic rings. The normalized spacial score (nSPS) is 16.2. The van der Waals surface area contributed by atoms with Gasteiger partial charge in [-0.1, -0.05) is 18.2 Å². The summed E-state index contributed by atoms with van der Waals surface area (Å²) < 4.78 is 11.8. The van der Waals surface area contributed by atoms with Crippen molar-refractivity contribution in [2.24, 2.45) is 5.92 Å². The van der Waals surface area contributed by atoms with Gasteiger partial charge in [-0.25, -0.2) is 0 Å². The molecule has 4 rings (SSSR count). The van der Waals surface area contributed by atoms with Crippen molar-refractivity contribution in [3.8, 4) is 11.5 Å². The van der Waals surface area contributed by atoms with Gasteiger partial charge in [0.2, 0.25) is 0 Å². The van der Waals surface area contributed by atoms with Crippen LogP contribution in [0.1, 0.15) is 62.0 Å². The molecule has 5 heteroatoms. The fraction of sp³-hybridized carbons (Fsp3) is 0.357. The Morgan fingerprint density at radius 1 is 1.09 bits per heavy atom. The van der Waals surface area contributed by atoms with Crippen molar-refractivity contribution in [3.05, 3.63) is 65.2 Å². The molecular formula is C28H31NO4. The van der Waals surface area contributed by atoms with Crippen LogP contribution in [0.2, 0.25) is 0 Å². The van der Waals surface area contributed by atoms with Crippen molar-refractivity contribution in [3.63, 3.8) is 0 Å². The van der Waals surface area contributed by atoms with Gasteiger partial charge in [-0.2, -0.15) is 0 Å². The molecule has 0 N–H and O–H groups in total. The minimum atomic E-state index is -0.564. The Balaban J connectivity index is 1.58. The van der Waals surface area contributed by atoms with Crippen LogP contribution in [-0.2, 0) is 4.79 Å². The summed E-state index contributed by atoms with van der Waals surface area (Å²) in [4.78, 5) is 27.6.